The molecule has 2 rings (SSSR count). The summed E-state index contributed by atoms with van der Waals surface area (Å²) in [5, 5.41) is 19.6. The molecular weight excluding hydrogens is 222 g/mol. The van der Waals surface area contributed by atoms with E-state index in [2.05, 4.69) is 15.6 Å². The Morgan fingerprint density at radius 1 is 1.71 bits per heavy atom. The zero-order valence-corrected chi connectivity index (χ0v) is 9.54. The zero-order valence-electron chi connectivity index (χ0n) is 9.54. The quantitative estimate of drug-likeness (QED) is 0.554. The number of carbonyl (C=O) groups excluding carboxylic acids is 1. The number of aliphatic hydroxyl groups excluding tert-OH is 1. The van der Waals surface area contributed by atoms with E-state index in [9.17, 15) is 4.79 Å². The summed E-state index contributed by atoms with van der Waals surface area (Å²) in [4.78, 5) is 11.3. The van der Waals surface area contributed by atoms with Crippen molar-refractivity contribution in [1.82, 2.24) is 20.3 Å². The van der Waals surface area contributed by atoms with Gasteiger partial charge in [-0.1, -0.05) is 5.21 Å². The maximum Gasteiger partial charge on any atom is 0.240 e. The Balaban J connectivity index is 1.99. The monoisotopic (exact) mass is 239 g/mol. The lowest BCUT2D eigenvalue weighted by atomic mass is 10.2. The largest absolute Gasteiger partial charge is 0.394 e. The van der Waals surface area contributed by atoms with Crippen LogP contribution in [-0.4, -0.2) is 39.2 Å². The van der Waals surface area contributed by atoms with Gasteiger partial charge in [0.1, 0.15) is 11.7 Å². The molecule has 7 nitrogen and oxygen atoms in total. The highest BCUT2D eigenvalue weighted by Crippen LogP contribution is 2.28. The highest BCUT2D eigenvalue weighted by atomic mass is 16.3. The van der Waals surface area contributed by atoms with E-state index in [1.807, 2.05) is 0 Å². The fourth-order valence-corrected chi connectivity index (χ4v) is 1.61. The first kappa shape index (κ1) is 12.0. The smallest absolute Gasteiger partial charge is 0.240 e. The molecule has 7 heteroatoms. The standard InChI is InChI=1S/C10H17N5O2/c11-10(17)9(12-5-7-1-2-7)8-6-15(3-4-16)14-13-8/h6-7,9,12,16H,1-5H2,(H2,11,17). The molecule has 0 aromatic carbocycles. The number of hydrogen-bond acceptors (Lipinski definition) is 5. The Kier molecular flexibility index (Phi) is 3.70. The Hall–Kier alpha value is -1.47. The lowest BCUT2D eigenvalue weighted by Crippen LogP contribution is -2.35. The predicted molar refractivity (Wildman–Crippen MR) is 59.8 cm³/mol. The van der Waals surface area contributed by atoms with Crippen LogP contribution in [0.5, 0.6) is 0 Å². The predicted octanol–water partition coefficient (Wildman–Crippen LogP) is -1.20. The van der Waals surface area contributed by atoms with Crippen molar-refractivity contribution in [2.45, 2.75) is 25.4 Å². The van der Waals surface area contributed by atoms with Gasteiger partial charge in [-0.15, -0.1) is 5.10 Å². The van der Waals surface area contributed by atoms with Gasteiger partial charge in [0.2, 0.25) is 5.91 Å². The number of rotatable bonds is 7. The van der Waals surface area contributed by atoms with Crippen molar-refractivity contribution < 1.29 is 9.90 Å². The van der Waals surface area contributed by atoms with Crippen molar-refractivity contribution in [3.63, 3.8) is 0 Å². The molecule has 1 aliphatic carbocycles. The molecule has 1 aromatic heterocycles. The SMILES string of the molecule is NC(=O)C(NCC1CC1)c1cn(CCO)nn1. The van der Waals surface area contributed by atoms with Gasteiger partial charge in [0, 0.05) is 0 Å². The molecule has 1 amide bonds. The van der Waals surface area contributed by atoms with Crippen LogP contribution in [0.2, 0.25) is 0 Å². The number of primary amides is 1. The van der Waals surface area contributed by atoms with Crippen LogP contribution in [0.15, 0.2) is 6.20 Å². The molecular formula is C10H17N5O2. The van der Waals surface area contributed by atoms with Gasteiger partial charge in [0.25, 0.3) is 0 Å². The number of aliphatic hydroxyl groups is 1. The van der Waals surface area contributed by atoms with Crippen molar-refractivity contribution >= 4 is 5.91 Å². The summed E-state index contributed by atoms with van der Waals surface area (Å²) in [6, 6.07) is -0.594. The average molecular weight is 239 g/mol. The Morgan fingerprint density at radius 2 is 2.47 bits per heavy atom. The van der Waals surface area contributed by atoms with E-state index < -0.39 is 11.9 Å². The first-order chi connectivity index (χ1) is 8.20. The van der Waals surface area contributed by atoms with Gasteiger partial charge in [0.15, 0.2) is 0 Å². The summed E-state index contributed by atoms with van der Waals surface area (Å²) < 4.78 is 1.49. The summed E-state index contributed by atoms with van der Waals surface area (Å²) in [6.45, 7) is 1.13. The molecule has 1 atom stereocenters. The van der Waals surface area contributed by atoms with E-state index >= 15 is 0 Å². The van der Waals surface area contributed by atoms with Crippen LogP contribution in [-0.2, 0) is 11.3 Å². The molecule has 1 aliphatic rings. The van der Waals surface area contributed by atoms with Gasteiger partial charge in [0.05, 0.1) is 19.3 Å². The van der Waals surface area contributed by atoms with Gasteiger partial charge in [-0.3, -0.25) is 4.79 Å². The Labute approximate surface area is 99.0 Å². The van der Waals surface area contributed by atoms with Crippen molar-refractivity contribution in [3.8, 4) is 0 Å². The van der Waals surface area contributed by atoms with E-state index in [-0.39, 0.29) is 6.61 Å². The van der Waals surface area contributed by atoms with Gasteiger partial charge in [-0.2, -0.15) is 0 Å². The second kappa shape index (κ2) is 5.24. The molecule has 0 saturated heterocycles. The molecule has 0 radical (unpaired) electrons. The lowest BCUT2D eigenvalue weighted by molar-refractivity contribution is -0.120. The summed E-state index contributed by atoms with van der Waals surface area (Å²) in [5.41, 5.74) is 5.84. The number of hydrogen-bond donors (Lipinski definition) is 3. The molecule has 1 heterocycles. The number of nitrogens with two attached hydrogens (primary N) is 1. The van der Waals surface area contributed by atoms with Gasteiger partial charge >= 0.3 is 0 Å². The van der Waals surface area contributed by atoms with E-state index in [4.69, 9.17) is 10.8 Å². The number of nitrogens with one attached hydrogen (secondary N) is 1. The van der Waals surface area contributed by atoms with Crippen molar-refractivity contribution in [1.29, 1.82) is 0 Å². The number of nitrogens with zero attached hydrogens (tertiary/aromatic N) is 3. The fraction of sp³-hybridized carbons (Fsp3) is 0.700. The maximum absolute atomic E-state index is 11.3. The Morgan fingerprint density at radius 3 is 3.06 bits per heavy atom. The van der Waals surface area contributed by atoms with Crippen molar-refractivity contribution in [3.05, 3.63) is 11.9 Å². The van der Waals surface area contributed by atoms with Crippen molar-refractivity contribution in [2.24, 2.45) is 11.7 Å². The third-order valence-electron chi connectivity index (χ3n) is 2.77. The summed E-state index contributed by atoms with van der Waals surface area (Å²) >= 11 is 0. The highest BCUT2D eigenvalue weighted by molar-refractivity contribution is 5.80. The van der Waals surface area contributed by atoms with E-state index in [1.54, 1.807) is 6.20 Å². The molecule has 0 aliphatic heterocycles. The molecule has 1 aromatic rings. The van der Waals surface area contributed by atoms with Crippen LogP contribution in [0, 0.1) is 5.92 Å². The second-order valence-corrected chi connectivity index (χ2v) is 4.32. The minimum Gasteiger partial charge on any atom is -0.394 e. The van der Waals surface area contributed by atoms with E-state index in [0.29, 0.717) is 18.2 Å². The van der Waals surface area contributed by atoms with Gasteiger partial charge in [-0.05, 0) is 25.3 Å². The minimum atomic E-state index is -0.594. The zero-order chi connectivity index (χ0) is 12.3. The third-order valence-corrected chi connectivity index (χ3v) is 2.77. The molecule has 94 valence electrons. The third kappa shape index (κ3) is 3.24. The van der Waals surface area contributed by atoms with Crippen LogP contribution >= 0.6 is 0 Å². The minimum absolute atomic E-state index is 0.0143. The van der Waals surface area contributed by atoms with E-state index in [1.165, 1.54) is 17.5 Å². The van der Waals surface area contributed by atoms with Crippen LogP contribution in [0.3, 0.4) is 0 Å². The van der Waals surface area contributed by atoms with Gasteiger partial charge in [-0.25, -0.2) is 4.68 Å². The fourth-order valence-electron chi connectivity index (χ4n) is 1.61. The molecule has 17 heavy (non-hydrogen) atoms. The second-order valence-electron chi connectivity index (χ2n) is 4.32. The number of carbonyl (C=O) groups is 1. The van der Waals surface area contributed by atoms with Crippen LogP contribution in [0.25, 0.3) is 0 Å². The molecule has 1 unspecified atom stereocenters. The Bertz CT molecular complexity index is 388. The normalized spacial score (nSPS) is 17.0. The number of amides is 1. The highest BCUT2D eigenvalue weighted by Gasteiger charge is 2.26. The van der Waals surface area contributed by atoms with Crippen molar-refractivity contribution in [2.75, 3.05) is 13.2 Å². The molecule has 4 N–H and O–H groups in total. The topological polar surface area (TPSA) is 106 Å². The molecule has 0 spiro atoms. The molecule has 1 fully saturated rings. The summed E-state index contributed by atoms with van der Waals surface area (Å²) in [7, 11) is 0. The lowest BCUT2D eigenvalue weighted by Gasteiger charge is -2.11. The maximum atomic E-state index is 11.3. The van der Waals surface area contributed by atoms with Crippen LogP contribution < -0.4 is 11.1 Å². The van der Waals surface area contributed by atoms with Crippen LogP contribution in [0.1, 0.15) is 24.6 Å². The summed E-state index contributed by atoms with van der Waals surface area (Å²) in [5.74, 6) is 0.200. The molecule has 0 bridgehead atoms. The molecule has 1 saturated carbocycles. The first-order valence-corrected chi connectivity index (χ1v) is 5.74. The summed E-state index contributed by atoms with van der Waals surface area (Å²) in [6.07, 6.45) is 4.04. The van der Waals surface area contributed by atoms with Crippen LogP contribution in [0.4, 0.5) is 0 Å². The first-order valence-electron chi connectivity index (χ1n) is 5.74. The average Bonchev–Trinajstić information content (AvgIpc) is 2.99. The number of aromatic nitrogens is 3. The van der Waals surface area contributed by atoms with E-state index in [0.717, 1.165) is 6.54 Å². The van der Waals surface area contributed by atoms with Gasteiger partial charge < -0.3 is 16.2 Å².